The maximum Gasteiger partial charge on any atom is 0.148 e. The molecule has 0 amide bonds. The van der Waals surface area contributed by atoms with E-state index in [-0.39, 0.29) is 0 Å². The smallest absolute Gasteiger partial charge is 0.148 e. The van der Waals surface area contributed by atoms with E-state index in [0.29, 0.717) is 6.04 Å². The van der Waals surface area contributed by atoms with E-state index in [2.05, 4.69) is 34.3 Å². The van der Waals surface area contributed by atoms with Gasteiger partial charge in [0.1, 0.15) is 18.0 Å². The van der Waals surface area contributed by atoms with Crippen LogP contribution in [0.25, 0.3) is 0 Å². The van der Waals surface area contributed by atoms with E-state index in [4.69, 9.17) is 5.84 Å². The molecule has 0 unspecified atom stereocenters. The molecule has 1 aromatic rings. The van der Waals surface area contributed by atoms with Gasteiger partial charge in [0.15, 0.2) is 0 Å². The van der Waals surface area contributed by atoms with Gasteiger partial charge in [-0.1, -0.05) is 6.92 Å². The van der Waals surface area contributed by atoms with Crippen LogP contribution in [-0.4, -0.2) is 23.1 Å². The SMILES string of the molecule is CCc1c(NN)ncnc1N(C)C1CC1. The van der Waals surface area contributed by atoms with E-state index in [9.17, 15) is 0 Å². The summed E-state index contributed by atoms with van der Waals surface area (Å²) in [7, 11) is 2.08. The van der Waals surface area contributed by atoms with Crippen molar-refractivity contribution in [1.29, 1.82) is 0 Å². The van der Waals surface area contributed by atoms with Crippen molar-refractivity contribution >= 4 is 11.6 Å². The Morgan fingerprint density at radius 2 is 2.27 bits per heavy atom. The Bertz CT molecular complexity index is 348. The third-order valence-corrected chi connectivity index (χ3v) is 2.84. The lowest BCUT2D eigenvalue weighted by molar-refractivity contribution is 0.865. The Kier molecular flexibility index (Phi) is 2.73. The van der Waals surface area contributed by atoms with Crippen LogP contribution >= 0.6 is 0 Å². The number of hydrazine groups is 1. The largest absolute Gasteiger partial charge is 0.356 e. The van der Waals surface area contributed by atoms with Gasteiger partial charge in [0.05, 0.1) is 0 Å². The molecule has 1 aromatic heterocycles. The van der Waals surface area contributed by atoms with Gasteiger partial charge in [0.25, 0.3) is 0 Å². The predicted octanol–water partition coefficient (Wildman–Crippen LogP) is 0.923. The minimum Gasteiger partial charge on any atom is -0.356 e. The predicted molar refractivity (Wildman–Crippen MR) is 60.6 cm³/mol. The number of hydrogen-bond acceptors (Lipinski definition) is 5. The Hall–Kier alpha value is -1.36. The molecule has 0 spiro atoms. The van der Waals surface area contributed by atoms with Gasteiger partial charge in [-0.05, 0) is 19.3 Å². The average Bonchev–Trinajstić information content (AvgIpc) is 3.10. The van der Waals surface area contributed by atoms with Gasteiger partial charge in [-0.15, -0.1) is 0 Å². The lowest BCUT2D eigenvalue weighted by Crippen LogP contribution is -2.23. The number of nitrogens with two attached hydrogens (primary N) is 1. The van der Waals surface area contributed by atoms with Crippen molar-refractivity contribution in [1.82, 2.24) is 9.97 Å². The first kappa shape index (κ1) is 10.2. The summed E-state index contributed by atoms with van der Waals surface area (Å²) >= 11 is 0. The highest BCUT2D eigenvalue weighted by Gasteiger charge is 2.28. The fourth-order valence-electron chi connectivity index (χ4n) is 1.79. The molecule has 1 heterocycles. The molecule has 0 saturated heterocycles. The molecule has 3 N–H and O–H groups in total. The van der Waals surface area contributed by atoms with Gasteiger partial charge in [0, 0.05) is 18.7 Å². The molecule has 1 saturated carbocycles. The molecule has 0 radical (unpaired) electrons. The van der Waals surface area contributed by atoms with Crippen LogP contribution in [0.1, 0.15) is 25.3 Å². The number of anilines is 2. The van der Waals surface area contributed by atoms with Crippen LogP contribution in [0.3, 0.4) is 0 Å². The van der Waals surface area contributed by atoms with Crippen LogP contribution in [0, 0.1) is 0 Å². The molecule has 1 aliphatic rings. The fraction of sp³-hybridized carbons (Fsp3) is 0.600. The van der Waals surface area contributed by atoms with E-state index in [1.54, 1.807) is 6.33 Å². The highest BCUT2D eigenvalue weighted by atomic mass is 15.3. The summed E-state index contributed by atoms with van der Waals surface area (Å²) < 4.78 is 0. The first-order chi connectivity index (χ1) is 7.27. The normalized spacial score (nSPS) is 15.1. The second kappa shape index (κ2) is 4.02. The maximum atomic E-state index is 5.43. The molecule has 0 bridgehead atoms. The molecular formula is C10H17N5. The standard InChI is InChI=1S/C10H17N5/c1-3-8-9(14-11)12-6-13-10(8)15(2)7-4-5-7/h6-7H,3-5,11H2,1-2H3,(H,12,13,14). The van der Waals surface area contributed by atoms with Crippen LogP contribution in [0.2, 0.25) is 0 Å². The topological polar surface area (TPSA) is 67.1 Å². The van der Waals surface area contributed by atoms with E-state index in [1.807, 2.05) is 0 Å². The molecule has 0 atom stereocenters. The van der Waals surface area contributed by atoms with Crippen molar-refractivity contribution in [3.8, 4) is 0 Å². The van der Waals surface area contributed by atoms with Gasteiger partial charge in [-0.25, -0.2) is 15.8 Å². The number of hydrogen-bond donors (Lipinski definition) is 2. The first-order valence-electron chi connectivity index (χ1n) is 5.31. The maximum absolute atomic E-state index is 5.43. The molecule has 82 valence electrons. The molecule has 0 aliphatic heterocycles. The van der Waals surface area contributed by atoms with Gasteiger partial charge in [-0.2, -0.15) is 0 Å². The Balaban J connectivity index is 2.35. The quantitative estimate of drug-likeness (QED) is 0.567. The van der Waals surface area contributed by atoms with E-state index in [0.717, 1.165) is 23.6 Å². The minimum absolute atomic E-state index is 0.649. The van der Waals surface area contributed by atoms with Crippen LogP contribution in [0.5, 0.6) is 0 Å². The minimum atomic E-state index is 0.649. The molecular weight excluding hydrogens is 190 g/mol. The lowest BCUT2D eigenvalue weighted by Gasteiger charge is -2.21. The molecule has 15 heavy (non-hydrogen) atoms. The van der Waals surface area contributed by atoms with E-state index in [1.165, 1.54) is 12.8 Å². The number of nitrogens with zero attached hydrogens (tertiary/aromatic N) is 3. The molecule has 2 rings (SSSR count). The van der Waals surface area contributed by atoms with Gasteiger partial charge >= 0.3 is 0 Å². The molecule has 1 fully saturated rings. The monoisotopic (exact) mass is 207 g/mol. The first-order valence-corrected chi connectivity index (χ1v) is 5.31. The fourth-order valence-corrected chi connectivity index (χ4v) is 1.79. The molecule has 5 heteroatoms. The summed E-state index contributed by atoms with van der Waals surface area (Å²) in [5.74, 6) is 7.16. The Morgan fingerprint density at radius 1 is 1.53 bits per heavy atom. The number of nitrogen functional groups attached to an aromatic ring is 1. The summed E-state index contributed by atoms with van der Waals surface area (Å²) in [6, 6.07) is 0.649. The van der Waals surface area contributed by atoms with Crippen molar-refractivity contribution in [2.24, 2.45) is 5.84 Å². The van der Waals surface area contributed by atoms with Crippen molar-refractivity contribution in [2.75, 3.05) is 17.4 Å². The Morgan fingerprint density at radius 3 is 2.80 bits per heavy atom. The van der Waals surface area contributed by atoms with Crippen molar-refractivity contribution in [3.05, 3.63) is 11.9 Å². The van der Waals surface area contributed by atoms with Gasteiger partial charge in [0.2, 0.25) is 0 Å². The number of aromatic nitrogens is 2. The zero-order valence-corrected chi connectivity index (χ0v) is 9.20. The summed E-state index contributed by atoms with van der Waals surface area (Å²) in [4.78, 5) is 10.7. The third-order valence-electron chi connectivity index (χ3n) is 2.84. The second-order valence-corrected chi connectivity index (χ2v) is 3.86. The van der Waals surface area contributed by atoms with Crippen LogP contribution in [-0.2, 0) is 6.42 Å². The van der Waals surface area contributed by atoms with Crippen LogP contribution < -0.4 is 16.2 Å². The van der Waals surface area contributed by atoms with E-state index < -0.39 is 0 Å². The zero-order valence-electron chi connectivity index (χ0n) is 9.20. The van der Waals surface area contributed by atoms with Crippen LogP contribution in [0.15, 0.2) is 6.33 Å². The van der Waals surface area contributed by atoms with Crippen molar-refractivity contribution in [3.63, 3.8) is 0 Å². The van der Waals surface area contributed by atoms with Gasteiger partial charge in [-0.3, -0.25) is 0 Å². The summed E-state index contributed by atoms with van der Waals surface area (Å²) in [6.45, 7) is 2.09. The highest BCUT2D eigenvalue weighted by molar-refractivity contribution is 5.58. The lowest BCUT2D eigenvalue weighted by atomic mass is 10.2. The summed E-state index contributed by atoms with van der Waals surface area (Å²) in [5.41, 5.74) is 3.72. The average molecular weight is 207 g/mol. The Labute approximate surface area is 89.7 Å². The summed E-state index contributed by atoms with van der Waals surface area (Å²) in [6.07, 6.45) is 4.96. The number of nitrogens with one attached hydrogen (secondary N) is 1. The third kappa shape index (κ3) is 1.87. The summed E-state index contributed by atoms with van der Waals surface area (Å²) in [5, 5.41) is 0. The van der Waals surface area contributed by atoms with Crippen molar-refractivity contribution in [2.45, 2.75) is 32.2 Å². The second-order valence-electron chi connectivity index (χ2n) is 3.86. The molecule has 1 aliphatic carbocycles. The highest BCUT2D eigenvalue weighted by Crippen LogP contribution is 2.32. The van der Waals surface area contributed by atoms with Gasteiger partial charge < -0.3 is 10.3 Å². The molecule has 0 aromatic carbocycles. The zero-order chi connectivity index (χ0) is 10.8. The van der Waals surface area contributed by atoms with E-state index >= 15 is 0 Å². The van der Waals surface area contributed by atoms with Crippen molar-refractivity contribution < 1.29 is 0 Å². The molecule has 5 nitrogen and oxygen atoms in total. The van der Waals surface area contributed by atoms with Crippen LogP contribution in [0.4, 0.5) is 11.6 Å². The number of rotatable bonds is 4.